The Kier molecular flexibility index (Phi) is 2.39. The van der Waals surface area contributed by atoms with Gasteiger partial charge in [0.2, 0.25) is 11.8 Å². The Morgan fingerprint density at radius 1 is 1.38 bits per heavy atom. The van der Waals surface area contributed by atoms with E-state index in [0.29, 0.717) is 5.88 Å². The molecule has 4 heteroatoms. The van der Waals surface area contributed by atoms with Crippen molar-refractivity contribution in [2.75, 3.05) is 7.11 Å². The van der Waals surface area contributed by atoms with Crippen molar-refractivity contribution in [3.05, 3.63) is 46.2 Å². The van der Waals surface area contributed by atoms with Gasteiger partial charge < -0.3 is 10.1 Å². The summed E-state index contributed by atoms with van der Waals surface area (Å²) in [6.07, 6.45) is 3.97. The summed E-state index contributed by atoms with van der Waals surface area (Å²) in [5.41, 5.74) is 5.26. The molecule has 1 aromatic rings. The number of pyridine rings is 1. The highest BCUT2D eigenvalue weighted by atomic mass is 16.5. The van der Waals surface area contributed by atoms with E-state index >= 15 is 0 Å². The van der Waals surface area contributed by atoms with Crippen molar-refractivity contribution in [2.24, 2.45) is 5.92 Å². The maximum atomic E-state index is 12.3. The number of aromatic nitrogens is 1. The highest BCUT2D eigenvalue weighted by Crippen LogP contribution is 2.53. The van der Waals surface area contributed by atoms with E-state index in [0.717, 1.165) is 29.7 Å². The highest BCUT2D eigenvalue weighted by Gasteiger charge is 2.53. The monoisotopic (exact) mass is 282 g/mol. The molecular weight excluding hydrogens is 264 g/mol. The van der Waals surface area contributed by atoms with Crippen LogP contribution in [0.5, 0.6) is 5.88 Å². The number of ether oxygens (including phenoxy) is 1. The summed E-state index contributed by atoms with van der Waals surface area (Å²) in [7, 11) is 1.63. The first-order valence-corrected chi connectivity index (χ1v) is 7.30. The molecule has 2 aliphatic carbocycles. The number of carbonyl (C=O) groups is 1. The van der Waals surface area contributed by atoms with Crippen LogP contribution in [-0.2, 0) is 16.8 Å². The Morgan fingerprint density at radius 3 is 2.95 bits per heavy atom. The van der Waals surface area contributed by atoms with Crippen LogP contribution in [0, 0.1) is 5.92 Å². The molecule has 1 amide bonds. The fraction of sp³-hybridized carbons (Fsp3) is 0.412. The Hall–Kier alpha value is -2.10. The summed E-state index contributed by atoms with van der Waals surface area (Å²) >= 11 is 0. The van der Waals surface area contributed by atoms with Gasteiger partial charge in [0.1, 0.15) is 0 Å². The molecule has 0 radical (unpaired) electrons. The van der Waals surface area contributed by atoms with Gasteiger partial charge in [0.05, 0.1) is 18.3 Å². The molecule has 4 rings (SSSR count). The Bertz CT molecular complexity index is 732. The third kappa shape index (κ3) is 1.50. The average molecular weight is 282 g/mol. The number of hydrogen-bond donors (Lipinski definition) is 1. The van der Waals surface area contributed by atoms with Crippen LogP contribution in [0.25, 0.3) is 0 Å². The van der Waals surface area contributed by atoms with Crippen LogP contribution in [0.1, 0.15) is 31.5 Å². The number of fused-ring (bicyclic) bond motifs is 1. The lowest BCUT2D eigenvalue weighted by molar-refractivity contribution is -0.117. The minimum atomic E-state index is -0.377. The standard InChI is InChI=1S/C17H18N2O2/c1-9-6-11-7-13-12(4-5-14(18-13)21-3)17(8-9)15(11)10(2)16(20)19-17/h4-6,11H,7-8H2,1-3H3,(H,19,20)/t11-,17-/m0/s1. The van der Waals surface area contributed by atoms with Crippen LogP contribution in [-0.4, -0.2) is 18.0 Å². The molecule has 0 spiro atoms. The predicted octanol–water partition coefficient (Wildman–Crippen LogP) is 2.25. The molecule has 3 aliphatic rings. The second kappa shape index (κ2) is 3.97. The summed E-state index contributed by atoms with van der Waals surface area (Å²) in [5.74, 6) is 0.962. The predicted molar refractivity (Wildman–Crippen MR) is 78.9 cm³/mol. The van der Waals surface area contributed by atoms with Crippen LogP contribution >= 0.6 is 0 Å². The molecule has 1 aliphatic heterocycles. The van der Waals surface area contributed by atoms with Gasteiger partial charge in [0, 0.05) is 29.5 Å². The lowest BCUT2D eigenvalue weighted by Gasteiger charge is -2.44. The molecule has 108 valence electrons. The van der Waals surface area contributed by atoms with Crippen LogP contribution in [0.4, 0.5) is 0 Å². The normalized spacial score (nSPS) is 29.6. The van der Waals surface area contributed by atoms with Crippen molar-refractivity contribution in [3.8, 4) is 5.88 Å². The zero-order valence-electron chi connectivity index (χ0n) is 12.5. The number of methoxy groups -OCH3 is 1. The number of rotatable bonds is 1. The fourth-order valence-corrected chi connectivity index (χ4v) is 4.25. The zero-order valence-corrected chi connectivity index (χ0v) is 12.5. The largest absolute Gasteiger partial charge is 0.481 e. The Morgan fingerprint density at radius 2 is 2.19 bits per heavy atom. The van der Waals surface area contributed by atoms with E-state index in [1.807, 2.05) is 13.0 Å². The van der Waals surface area contributed by atoms with Crippen LogP contribution < -0.4 is 10.1 Å². The number of allylic oxidation sites excluding steroid dienone is 1. The van der Waals surface area contributed by atoms with Crippen molar-refractivity contribution in [3.63, 3.8) is 0 Å². The third-order valence-corrected chi connectivity index (χ3v) is 4.96. The lowest BCUT2D eigenvalue weighted by Crippen LogP contribution is -2.48. The summed E-state index contributed by atoms with van der Waals surface area (Å²) in [5, 5.41) is 3.24. The minimum absolute atomic E-state index is 0.0572. The number of hydrogen-bond acceptors (Lipinski definition) is 3. The van der Waals surface area contributed by atoms with Gasteiger partial charge in [-0.15, -0.1) is 0 Å². The van der Waals surface area contributed by atoms with Crippen LogP contribution in [0.3, 0.4) is 0 Å². The van der Waals surface area contributed by atoms with Crippen molar-refractivity contribution in [2.45, 2.75) is 32.2 Å². The number of amides is 1. The maximum Gasteiger partial charge on any atom is 0.247 e. The maximum absolute atomic E-state index is 12.3. The van der Waals surface area contributed by atoms with Gasteiger partial charge in [0.25, 0.3) is 0 Å². The Balaban J connectivity index is 1.99. The second-order valence-corrected chi connectivity index (χ2v) is 6.25. The fourth-order valence-electron chi connectivity index (χ4n) is 4.25. The molecule has 0 saturated carbocycles. The molecule has 0 saturated heterocycles. The highest BCUT2D eigenvalue weighted by molar-refractivity contribution is 5.99. The molecule has 21 heavy (non-hydrogen) atoms. The molecule has 4 nitrogen and oxygen atoms in total. The first-order chi connectivity index (χ1) is 10.0. The molecular formula is C17H18N2O2. The van der Waals surface area contributed by atoms with E-state index in [4.69, 9.17) is 4.74 Å². The van der Waals surface area contributed by atoms with Gasteiger partial charge in [-0.1, -0.05) is 11.6 Å². The first-order valence-electron chi connectivity index (χ1n) is 7.30. The molecule has 2 heterocycles. The number of nitrogens with one attached hydrogen (secondary N) is 1. The molecule has 1 N–H and O–H groups in total. The van der Waals surface area contributed by atoms with E-state index in [9.17, 15) is 4.79 Å². The molecule has 2 bridgehead atoms. The van der Waals surface area contributed by atoms with Crippen molar-refractivity contribution in [1.29, 1.82) is 0 Å². The van der Waals surface area contributed by atoms with Crippen molar-refractivity contribution >= 4 is 5.91 Å². The van der Waals surface area contributed by atoms with Crippen molar-refractivity contribution in [1.82, 2.24) is 10.3 Å². The molecule has 0 unspecified atom stereocenters. The van der Waals surface area contributed by atoms with E-state index in [2.05, 4.69) is 29.4 Å². The first kappa shape index (κ1) is 12.6. The smallest absolute Gasteiger partial charge is 0.247 e. The van der Waals surface area contributed by atoms with Gasteiger partial charge in [-0.3, -0.25) is 4.79 Å². The minimum Gasteiger partial charge on any atom is -0.481 e. The van der Waals surface area contributed by atoms with E-state index < -0.39 is 0 Å². The molecule has 0 aromatic carbocycles. The van der Waals surface area contributed by atoms with Crippen LogP contribution in [0.2, 0.25) is 0 Å². The summed E-state index contributed by atoms with van der Waals surface area (Å²) in [4.78, 5) is 16.9. The van der Waals surface area contributed by atoms with Gasteiger partial charge >= 0.3 is 0 Å². The van der Waals surface area contributed by atoms with E-state index in [-0.39, 0.29) is 17.4 Å². The topological polar surface area (TPSA) is 51.2 Å². The zero-order chi connectivity index (χ0) is 14.8. The third-order valence-electron chi connectivity index (χ3n) is 4.96. The summed E-state index contributed by atoms with van der Waals surface area (Å²) in [6.45, 7) is 4.09. The Labute approximate surface area is 123 Å². The second-order valence-electron chi connectivity index (χ2n) is 6.25. The van der Waals surface area contributed by atoms with Crippen molar-refractivity contribution < 1.29 is 9.53 Å². The SMILES string of the molecule is COc1ccc2c(n1)C[C@@H]1C=C(C)C[C@]23NC(=O)C(C)=C13. The molecule has 1 aromatic heterocycles. The van der Waals surface area contributed by atoms with E-state index in [1.54, 1.807) is 7.11 Å². The van der Waals surface area contributed by atoms with Gasteiger partial charge in [-0.2, -0.15) is 0 Å². The molecule has 2 atom stereocenters. The van der Waals surface area contributed by atoms with Crippen LogP contribution in [0.15, 0.2) is 34.9 Å². The van der Waals surface area contributed by atoms with Gasteiger partial charge in [0.15, 0.2) is 0 Å². The van der Waals surface area contributed by atoms with Gasteiger partial charge in [-0.25, -0.2) is 4.98 Å². The van der Waals surface area contributed by atoms with Gasteiger partial charge in [-0.05, 0) is 31.9 Å². The van der Waals surface area contributed by atoms with E-state index in [1.165, 1.54) is 11.1 Å². The summed E-state index contributed by atoms with van der Waals surface area (Å²) < 4.78 is 5.25. The molecule has 0 fully saturated rings. The number of nitrogens with zero attached hydrogens (tertiary/aromatic N) is 1. The quantitative estimate of drug-likeness (QED) is 0.804. The average Bonchev–Trinajstić information content (AvgIpc) is 2.71. The summed E-state index contributed by atoms with van der Waals surface area (Å²) in [6, 6.07) is 3.95. The number of carbonyl (C=O) groups excluding carboxylic acids is 1. The lowest BCUT2D eigenvalue weighted by atomic mass is 9.63.